The van der Waals surface area contributed by atoms with E-state index >= 15 is 0 Å². The fourth-order valence-electron chi connectivity index (χ4n) is 5.47. The number of carbonyl (C=O) groups excluding carboxylic acids is 2. The highest BCUT2D eigenvalue weighted by atomic mass is 35.5. The second-order valence-electron chi connectivity index (χ2n) is 8.89. The molecule has 1 heterocycles. The van der Waals surface area contributed by atoms with Crippen LogP contribution in [0.4, 0.5) is 5.69 Å². The molecule has 0 aromatic heterocycles. The number of hydrogen-bond donors (Lipinski definition) is 1. The summed E-state index contributed by atoms with van der Waals surface area (Å²) < 4.78 is 0. The second-order valence-corrected chi connectivity index (χ2v) is 9.30. The predicted octanol–water partition coefficient (Wildman–Crippen LogP) is 6.54. The van der Waals surface area contributed by atoms with Crippen molar-refractivity contribution in [3.8, 4) is 0 Å². The molecule has 2 aliphatic rings. The van der Waals surface area contributed by atoms with Gasteiger partial charge in [-0.3, -0.25) is 9.59 Å². The minimum Gasteiger partial charge on any atom is -0.335 e. The van der Waals surface area contributed by atoms with Gasteiger partial charge in [-0.15, -0.1) is 0 Å². The summed E-state index contributed by atoms with van der Waals surface area (Å²) in [6.07, 6.45) is 7.12. The summed E-state index contributed by atoms with van der Waals surface area (Å²) in [5.74, 6) is 0.489. The molecule has 5 heteroatoms. The lowest BCUT2D eigenvalue weighted by atomic mass is 9.78. The van der Waals surface area contributed by atoms with E-state index in [1.54, 1.807) is 18.2 Å². The van der Waals surface area contributed by atoms with E-state index in [0.717, 1.165) is 30.2 Å². The van der Waals surface area contributed by atoms with Crippen molar-refractivity contribution in [2.75, 3.05) is 11.9 Å². The van der Waals surface area contributed by atoms with Gasteiger partial charge in [0.2, 0.25) is 0 Å². The molecule has 2 amide bonds. The van der Waals surface area contributed by atoms with Crippen LogP contribution in [-0.2, 0) is 0 Å². The van der Waals surface area contributed by atoms with E-state index in [1.165, 1.54) is 25.7 Å². The number of anilines is 1. The summed E-state index contributed by atoms with van der Waals surface area (Å²) in [5, 5.41) is 4.99. The number of carbonyl (C=O) groups is 2. The maximum absolute atomic E-state index is 13.7. The van der Waals surface area contributed by atoms with Crippen molar-refractivity contribution in [2.45, 2.75) is 44.6 Å². The number of benzene rings is 3. The highest BCUT2D eigenvalue weighted by molar-refractivity contribution is 6.34. The van der Waals surface area contributed by atoms with Crippen molar-refractivity contribution in [2.24, 2.45) is 5.92 Å². The lowest BCUT2D eigenvalue weighted by Crippen LogP contribution is -2.49. The highest BCUT2D eigenvalue weighted by Gasteiger charge is 2.36. The normalized spacial score (nSPS) is 20.6. The van der Waals surface area contributed by atoms with Crippen molar-refractivity contribution in [3.05, 3.63) is 76.8 Å². The zero-order valence-electron chi connectivity index (χ0n) is 18.0. The summed E-state index contributed by atoms with van der Waals surface area (Å²) >= 11 is 6.22. The monoisotopic (exact) mass is 446 g/mol. The van der Waals surface area contributed by atoms with Gasteiger partial charge in [-0.05, 0) is 66.6 Å². The molecule has 1 aliphatic carbocycles. The summed E-state index contributed by atoms with van der Waals surface area (Å²) in [7, 11) is 0. The zero-order chi connectivity index (χ0) is 22.1. The van der Waals surface area contributed by atoms with Gasteiger partial charge in [-0.25, -0.2) is 0 Å². The molecule has 3 aromatic rings. The van der Waals surface area contributed by atoms with Gasteiger partial charge in [-0.2, -0.15) is 0 Å². The average molecular weight is 447 g/mol. The Hall–Kier alpha value is -2.85. The number of rotatable bonds is 3. The molecule has 0 bridgehead atoms. The van der Waals surface area contributed by atoms with E-state index < -0.39 is 0 Å². The highest BCUT2D eigenvalue weighted by Crippen LogP contribution is 2.37. The van der Waals surface area contributed by atoms with Crippen LogP contribution in [0.3, 0.4) is 0 Å². The number of para-hydroxylation sites is 1. The Morgan fingerprint density at radius 2 is 1.47 bits per heavy atom. The van der Waals surface area contributed by atoms with E-state index in [1.807, 2.05) is 42.5 Å². The topological polar surface area (TPSA) is 49.4 Å². The van der Waals surface area contributed by atoms with Crippen LogP contribution >= 0.6 is 11.6 Å². The van der Waals surface area contributed by atoms with Crippen LogP contribution in [0, 0.1) is 5.92 Å². The maximum atomic E-state index is 13.7. The van der Waals surface area contributed by atoms with E-state index in [9.17, 15) is 9.59 Å². The third-order valence-corrected chi connectivity index (χ3v) is 7.35. The SMILES string of the molecule is O=C(Nc1ccccc1Cl)c1ccc(C(=O)N2CCC[C@@H]3CCCC[C@@H]32)c2ccccc12. The van der Waals surface area contributed by atoms with Crippen LogP contribution in [0.2, 0.25) is 5.02 Å². The summed E-state index contributed by atoms with van der Waals surface area (Å²) in [6.45, 7) is 0.822. The third-order valence-electron chi connectivity index (χ3n) is 7.03. The first-order valence-corrected chi connectivity index (χ1v) is 11.9. The Morgan fingerprint density at radius 1 is 0.812 bits per heavy atom. The lowest BCUT2D eigenvalue weighted by molar-refractivity contribution is 0.0392. The average Bonchev–Trinajstić information content (AvgIpc) is 2.84. The molecule has 1 N–H and O–H groups in total. The van der Waals surface area contributed by atoms with Crippen LogP contribution in [0.15, 0.2) is 60.7 Å². The largest absolute Gasteiger partial charge is 0.335 e. The van der Waals surface area contributed by atoms with Crippen LogP contribution in [0.1, 0.15) is 59.2 Å². The molecule has 2 fully saturated rings. The number of hydrogen-bond acceptors (Lipinski definition) is 2. The van der Waals surface area contributed by atoms with Gasteiger partial charge in [0.25, 0.3) is 11.8 Å². The molecule has 2 atom stereocenters. The first kappa shape index (κ1) is 21.0. The molecule has 1 saturated carbocycles. The van der Waals surface area contributed by atoms with E-state index in [4.69, 9.17) is 11.6 Å². The Balaban J connectivity index is 1.49. The standard InChI is InChI=1S/C27H27ClN2O2/c28-23-12-4-5-13-24(23)29-26(31)21-15-16-22(20-11-3-2-10-19(20)21)27(32)30-17-7-9-18-8-1-6-14-25(18)30/h2-5,10-13,15-16,18,25H,1,6-9,14,17H2,(H,29,31)/t18-,25-/m0/s1. The number of amides is 2. The van der Waals surface area contributed by atoms with Gasteiger partial charge in [0.05, 0.1) is 10.7 Å². The molecule has 1 aliphatic heterocycles. The smallest absolute Gasteiger partial charge is 0.256 e. The van der Waals surface area contributed by atoms with Crippen LogP contribution in [-0.4, -0.2) is 29.3 Å². The first-order chi connectivity index (χ1) is 15.6. The number of nitrogens with one attached hydrogen (secondary N) is 1. The van der Waals surface area contributed by atoms with Crippen LogP contribution in [0.25, 0.3) is 10.8 Å². The van der Waals surface area contributed by atoms with Crippen molar-refractivity contribution < 1.29 is 9.59 Å². The number of piperidine rings is 1. The Kier molecular flexibility index (Phi) is 5.88. The van der Waals surface area contributed by atoms with E-state index in [-0.39, 0.29) is 11.8 Å². The van der Waals surface area contributed by atoms with E-state index in [0.29, 0.717) is 33.8 Å². The predicted molar refractivity (Wildman–Crippen MR) is 129 cm³/mol. The van der Waals surface area contributed by atoms with E-state index in [2.05, 4.69) is 10.2 Å². The fourth-order valence-corrected chi connectivity index (χ4v) is 5.65. The summed E-state index contributed by atoms with van der Waals surface area (Å²) in [5.41, 5.74) is 1.78. The molecule has 32 heavy (non-hydrogen) atoms. The first-order valence-electron chi connectivity index (χ1n) is 11.5. The molecule has 0 radical (unpaired) electrons. The van der Waals surface area contributed by atoms with Gasteiger partial charge in [0.1, 0.15) is 0 Å². The van der Waals surface area contributed by atoms with Gasteiger partial charge < -0.3 is 10.2 Å². The molecule has 5 rings (SSSR count). The zero-order valence-corrected chi connectivity index (χ0v) is 18.8. The van der Waals surface area contributed by atoms with Crippen molar-refractivity contribution in [1.29, 1.82) is 0 Å². The molecule has 1 saturated heterocycles. The third kappa shape index (κ3) is 3.88. The molecular formula is C27H27ClN2O2. The van der Waals surface area contributed by atoms with Gasteiger partial charge >= 0.3 is 0 Å². The Labute approximate surface area is 193 Å². The molecule has 0 spiro atoms. The van der Waals surface area contributed by atoms with Crippen molar-refractivity contribution >= 4 is 39.9 Å². The molecule has 164 valence electrons. The molecule has 0 unspecified atom stereocenters. The summed E-state index contributed by atoms with van der Waals surface area (Å²) in [4.78, 5) is 28.9. The number of likely N-dealkylation sites (tertiary alicyclic amines) is 1. The number of nitrogens with zero attached hydrogens (tertiary/aromatic N) is 1. The van der Waals surface area contributed by atoms with Crippen molar-refractivity contribution in [1.82, 2.24) is 4.90 Å². The number of fused-ring (bicyclic) bond motifs is 2. The molecular weight excluding hydrogens is 420 g/mol. The Bertz CT molecular complexity index is 1170. The Morgan fingerprint density at radius 3 is 2.28 bits per heavy atom. The number of halogens is 1. The quantitative estimate of drug-likeness (QED) is 0.496. The molecule has 3 aromatic carbocycles. The van der Waals surface area contributed by atoms with Gasteiger partial charge in [0, 0.05) is 23.7 Å². The molecule has 4 nitrogen and oxygen atoms in total. The van der Waals surface area contributed by atoms with Gasteiger partial charge in [0.15, 0.2) is 0 Å². The van der Waals surface area contributed by atoms with Gasteiger partial charge in [-0.1, -0.05) is 60.8 Å². The maximum Gasteiger partial charge on any atom is 0.256 e. The minimum atomic E-state index is -0.237. The second kappa shape index (κ2) is 8.95. The lowest BCUT2D eigenvalue weighted by Gasteiger charge is -2.44. The van der Waals surface area contributed by atoms with Crippen LogP contribution < -0.4 is 5.32 Å². The minimum absolute atomic E-state index is 0.0934. The van der Waals surface area contributed by atoms with Crippen LogP contribution in [0.5, 0.6) is 0 Å². The van der Waals surface area contributed by atoms with Crippen molar-refractivity contribution in [3.63, 3.8) is 0 Å². The fraction of sp³-hybridized carbons (Fsp3) is 0.333. The summed E-state index contributed by atoms with van der Waals surface area (Å²) in [6, 6.07) is 18.8.